The number of nitrogens with two attached hydrogens (primary N) is 1. The molecule has 0 unspecified atom stereocenters. The van der Waals surface area contributed by atoms with E-state index in [4.69, 9.17) is 5.73 Å². The summed E-state index contributed by atoms with van der Waals surface area (Å²) in [6.45, 7) is 5.65. The Labute approximate surface area is 118 Å². The number of nitrogen functional groups attached to an aromatic ring is 1. The van der Waals surface area contributed by atoms with E-state index < -0.39 is 0 Å². The number of likely N-dealkylation sites (N-methyl/N-ethyl adjacent to an activating group) is 1. The summed E-state index contributed by atoms with van der Waals surface area (Å²) in [5.41, 5.74) is 7.63. The van der Waals surface area contributed by atoms with Crippen molar-refractivity contribution in [1.29, 1.82) is 0 Å². The zero-order valence-electron chi connectivity index (χ0n) is 11.6. The fourth-order valence-corrected chi connectivity index (χ4v) is 3.03. The number of nitrogens with zero attached hydrogens (tertiary/aromatic N) is 2. The van der Waals surface area contributed by atoms with Crippen molar-refractivity contribution in [3.63, 3.8) is 0 Å². The Hall–Kier alpha value is -1.20. The Morgan fingerprint density at radius 1 is 1.32 bits per heavy atom. The van der Waals surface area contributed by atoms with Crippen LogP contribution in [0.4, 0.5) is 5.69 Å². The first-order valence-electron chi connectivity index (χ1n) is 6.51. The second-order valence-electron chi connectivity index (χ2n) is 5.00. The molecule has 5 heteroatoms. The maximum atomic E-state index is 12.1. The molecule has 0 bridgehead atoms. The van der Waals surface area contributed by atoms with E-state index in [2.05, 4.69) is 11.9 Å². The lowest BCUT2D eigenvalue weighted by Gasteiger charge is -2.32. The van der Waals surface area contributed by atoms with Crippen LogP contribution in [-0.4, -0.2) is 54.7 Å². The molecule has 1 amide bonds. The lowest BCUT2D eigenvalue weighted by Crippen LogP contribution is -2.47. The SMILES string of the molecule is Cc1cc(N)ccc1SCC(=O)N1CCN(C)CC1. The van der Waals surface area contributed by atoms with Gasteiger partial charge in [0.1, 0.15) is 0 Å². The number of amides is 1. The standard InChI is InChI=1S/C14H21N3OS/c1-11-9-12(15)3-4-13(11)19-10-14(18)17-7-5-16(2)6-8-17/h3-4,9H,5-8,10,15H2,1-2H3. The van der Waals surface area contributed by atoms with Gasteiger partial charge < -0.3 is 15.5 Å². The first kappa shape index (κ1) is 14.2. The molecule has 1 aliphatic rings. The van der Waals surface area contributed by atoms with Gasteiger partial charge in [0.05, 0.1) is 5.75 Å². The highest BCUT2D eigenvalue weighted by Crippen LogP contribution is 2.24. The van der Waals surface area contributed by atoms with Gasteiger partial charge in [-0.2, -0.15) is 0 Å². The molecule has 2 N–H and O–H groups in total. The number of aryl methyl sites for hydroxylation is 1. The smallest absolute Gasteiger partial charge is 0.233 e. The van der Waals surface area contributed by atoms with E-state index in [0.29, 0.717) is 5.75 Å². The quantitative estimate of drug-likeness (QED) is 0.672. The number of thioether (sulfide) groups is 1. The molecule has 0 saturated carbocycles. The molecular formula is C14H21N3OS. The first-order valence-corrected chi connectivity index (χ1v) is 7.50. The van der Waals surface area contributed by atoms with Crippen LogP contribution in [0.1, 0.15) is 5.56 Å². The molecule has 1 aromatic rings. The van der Waals surface area contributed by atoms with Gasteiger partial charge in [0.15, 0.2) is 0 Å². The maximum absolute atomic E-state index is 12.1. The monoisotopic (exact) mass is 279 g/mol. The topological polar surface area (TPSA) is 49.6 Å². The van der Waals surface area contributed by atoms with Gasteiger partial charge in [-0.1, -0.05) is 0 Å². The van der Waals surface area contributed by atoms with Gasteiger partial charge in [0, 0.05) is 36.8 Å². The molecule has 1 saturated heterocycles. The van der Waals surface area contributed by atoms with E-state index in [-0.39, 0.29) is 5.91 Å². The van der Waals surface area contributed by atoms with Crippen molar-refractivity contribution < 1.29 is 4.79 Å². The van der Waals surface area contributed by atoms with Crippen molar-refractivity contribution in [2.75, 3.05) is 44.7 Å². The van der Waals surface area contributed by atoms with E-state index >= 15 is 0 Å². The van der Waals surface area contributed by atoms with Crippen molar-refractivity contribution in [3.05, 3.63) is 23.8 Å². The van der Waals surface area contributed by atoms with Crippen molar-refractivity contribution in [3.8, 4) is 0 Å². The molecule has 1 fully saturated rings. The van der Waals surface area contributed by atoms with Gasteiger partial charge in [0.25, 0.3) is 0 Å². The van der Waals surface area contributed by atoms with Gasteiger partial charge in [-0.25, -0.2) is 0 Å². The van der Waals surface area contributed by atoms with E-state index in [1.807, 2.05) is 30.0 Å². The fraction of sp³-hybridized carbons (Fsp3) is 0.500. The third-order valence-corrected chi connectivity index (χ3v) is 4.57. The van der Waals surface area contributed by atoms with Crippen LogP contribution in [0.3, 0.4) is 0 Å². The summed E-state index contributed by atoms with van der Waals surface area (Å²) in [5, 5.41) is 0. The Kier molecular flexibility index (Phi) is 4.71. The number of hydrogen-bond acceptors (Lipinski definition) is 4. The minimum Gasteiger partial charge on any atom is -0.399 e. The van der Waals surface area contributed by atoms with Crippen LogP contribution in [-0.2, 0) is 4.79 Å². The molecule has 0 aromatic heterocycles. The number of benzene rings is 1. The van der Waals surface area contributed by atoms with Crippen LogP contribution in [0, 0.1) is 6.92 Å². The largest absolute Gasteiger partial charge is 0.399 e. The van der Waals surface area contributed by atoms with Crippen molar-refractivity contribution >= 4 is 23.4 Å². The van der Waals surface area contributed by atoms with Gasteiger partial charge in [0.2, 0.25) is 5.91 Å². The summed E-state index contributed by atoms with van der Waals surface area (Å²) < 4.78 is 0. The predicted molar refractivity (Wildman–Crippen MR) is 80.4 cm³/mol. The van der Waals surface area contributed by atoms with Gasteiger partial charge in [-0.15, -0.1) is 11.8 Å². The Bertz CT molecular complexity index is 456. The average Bonchev–Trinajstić information content (AvgIpc) is 2.38. The maximum Gasteiger partial charge on any atom is 0.233 e. The number of hydrogen-bond donors (Lipinski definition) is 1. The number of piperazine rings is 1. The van der Waals surface area contributed by atoms with Crippen LogP contribution in [0.15, 0.2) is 23.1 Å². The molecule has 1 aromatic carbocycles. The highest BCUT2D eigenvalue weighted by molar-refractivity contribution is 8.00. The number of rotatable bonds is 3. The number of carbonyl (C=O) groups is 1. The molecule has 2 rings (SSSR count). The summed E-state index contributed by atoms with van der Waals surface area (Å²) in [5.74, 6) is 0.739. The highest BCUT2D eigenvalue weighted by Gasteiger charge is 2.18. The predicted octanol–water partition coefficient (Wildman–Crippen LogP) is 1.44. The van der Waals surface area contributed by atoms with Crippen LogP contribution in [0.2, 0.25) is 0 Å². The third kappa shape index (κ3) is 3.88. The van der Waals surface area contributed by atoms with Crippen LogP contribution >= 0.6 is 11.8 Å². The van der Waals surface area contributed by atoms with E-state index in [0.717, 1.165) is 42.3 Å². The van der Waals surface area contributed by atoms with Crippen molar-refractivity contribution in [1.82, 2.24) is 9.80 Å². The van der Waals surface area contributed by atoms with Crippen LogP contribution in [0.5, 0.6) is 0 Å². The first-order chi connectivity index (χ1) is 9.06. The molecule has 0 spiro atoms. The normalized spacial score (nSPS) is 16.6. The van der Waals surface area contributed by atoms with E-state index in [1.165, 1.54) is 0 Å². The molecule has 0 aliphatic carbocycles. The number of anilines is 1. The van der Waals surface area contributed by atoms with Gasteiger partial charge in [-0.05, 0) is 37.7 Å². The molecule has 1 aliphatic heterocycles. The van der Waals surface area contributed by atoms with Crippen LogP contribution in [0.25, 0.3) is 0 Å². The molecule has 1 heterocycles. The molecule has 4 nitrogen and oxygen atoms in total. The molecule has 104 valence electrons. The Balaban J connectivity index is 1.86. The Morgan fingerprint density at radius 2 is 2.00 bits per heavy atom. The van der Waals surface area contributed by atoms with Crippen molar-refractivity contribution in [2.45, 2.75) is 11.8 Å². The summed E-state index contributed by atoms with van der Waals surface area (Å²) in [7, 11) is 2.09. The van der Waals surface area contributed by atoms with Crippen LogP contribution < -0.4 is 5.73 Å². The minimum absolute atomic E-state index is 0.231. The second kappa shape index (κ2) is 6.30. The van der Waals surface area contributed by atoms with Gasteiger partial charge >= 0.3 is 0 Å². The zero-order valence-corrected chi connectivity index (χ0v) is 12.4. The highest BCUT2D eigenvalue weighted by atomic mass is 32.2. The summed E-state index contributed by atoms with van der Waals surface area (Å²) >= 11 is 1.60. The minimum atomic E-state index is 0.231. The third-order valence-electron chi connectivity index (χ3n) is 3.41. The van der Waals surface area contributed by atoms with E-state index in [1.54, 1.807) is 11.8 Å². The molecular weight excluding hydrogens is 258 g/mol. The lowest BCUT2D eigenvalue weighted by molar-refractivity contribution is -0.129. The summed E-state index contributed by atoms with van der Waals surface area (Å²) in [4.78, 5) is 17.5. The van der Waals surface area contributed by atoms with E-state index in [9.17, 15) is 4.79 Å². The second-order valence-corrected chi connectivity index (χ2v) is 6.01. The van der Waals surface area contributed by atoms with Gasteiger partial charge in [-0.3, -0.25) is 4.79 Å². The molecule has 0 radical (unpaired) electrons. The zero-order chi connectivity index (χ0) is 13.8. The summed E-state index contributed by atoms with van der Waals surface area (Å²) in [6, 6.07) is 5.82. The lowest BCUT2D eigenvalue weighted by atomic mass is 10.2. The summed E-state index contributed by atoms with van der Waals surface area (Å²) in [6.07, 6.45) is 0. The average molecular weight is 279 g/mol. The number of carbonyl (C=O) groups excluding carboxylic acids is 1. The molecule has 19 heavy (non-hydrogen) atoms. The molecule has 0 atom stereocenters. The van der Waals surface area contributed by atoms with Crippen molar-refractivity contribution in [2.24, 2.45) is 0 Å². The fourth-order valence-electron chi connectivity index (χ4n) is 2.12. The Morgan fingerprint density at radius 3 is 2.63 bits per heavy atom.